The standard InChI is InChI=1S/C11H10O/c1-7-9-5-3-4-6-10(9)8(2)11(7)12/h3-6H,1-2H3. The van der Waals surface area contributed by atoms with Crippen LogP contribution in [0.4, 0.5) is 0 Å². The summed E-state index contributed by atoms with van der Waals surface area (Å²) in [6.45, 7) is 3.77. The highest BCUT2D eigenvalue weighted by atomic mass is 16.1. The quantitative estimate of drug-likeness (QED) is 0.540. The van der Waals surface area contributed by atoms with E-state index < -0.39 is 0 Å². The van der Waals surface area contributed by atoms with E-state index in [9.17, 15) is 4.79 Å². The summed E-state index contributed by atoms with van der Waals surface area (Å²) in [6, 6.07) is 7.93. The van der Waals surface area contributed by atoms with Crippen molar-refractivity contribution in [3.8, 4) is 0 Å². The maximum atomic E-state index is 11.5. The Balaban J connectivity index is 3.05. The second-order valence-corrected chi connectivity index (χ2v) is 3.12. The molecule has 0 aromatic heterocycles. The molecule has 1 heteroatoms. The molecule has 0 spiro atoms. The monoisotopic (exact) mass is 158 g/mol. The van der Waals surface area contributed by atoms with Gasteiger partial charge in [-0.25, -0.2) is 0 Å². The van der Waals surface area contributed by atoms with E-state index >= 15 is 0 Å². The Hall–Kier alpha value is -1.37. The Labute approximate surface area is 71.0 Å². The zero-order valence-corrected chi connectivity index (χ0v) is 7.22. The van der Waals surface area contributed by atoms with E-state index in [-0.39, 0.29) is 5.78 Å². The maximum absolute atomic E-state index is 11.5. The van der Waals surface area contributed by atoms with Gasteiger partial charge in [-0.1, -0.05) is 24.3 Å². The van der Waals surface area contributed by atoms with Crippen LogP contribution in [-0.2, 0) is 4.79 Å². The molecule has 2 rings (SSSR count). The molecule has 12 heavy (non-hydrogen) atoms. The summed E-state index contributed by atoms with van der Waals surface area (Å²) in [6.07, 6.45) is 0. The highest BCUT2D eigenvalue weighted by molar-refractivity contribution is 6.36. The molecule has 0 N–H and O–H groups in total. The van der Waals surface area contributed by atoms with Crippen LogP contribution in [0.25, 0.3) is 11.1 Å². The van der Waals surface area contributed by atoms with E-state index in [2.05, 4.69) is 0 Å². The third-order valence-corrected chi connectivity index (χ3v) is 2.42. The molecule has 1 aromatic carbocycles. The van der Waals surface area contributed by atoms with Gasteiger partial charge in [-0.3, -0.25) is 4.79 Å². The number of fused-ring (bicyclic) bond motifs is 1. The van der Waals surface area contributed by atoms with E-state index in [0.29, 0.717) is 0 Å². The van der Waals surface area contributed by atoms with Crippen LogP contribution in [-0.4, -0.2) is 5.78 Å². The van der Waals surface area contributed by atoms with Gasteiger partial charge in [0, 0.05) is 11.1 Å². The van der Waals surface area contributed by atoms with E-state index in [0.717, 1.165) is 21.6 Å². The number of hydrogen-bond acceptors (Lipinski definition) is 1. The van der Waals surface area contributed by atoms with E-state index in [1.807, 2.05) is 38.1 Å². The second kappa shape index (κ2) is 2.31. The first kappa shape index (κ1) is 7.29. The first-order chi connectivity index (χ1) is 5.72. The summed E-state index contributed by atoms with van der Waals surface area (Å²) in [7, 11) is 0. The normalized spacial score (nSPS) is 15.3. The van der Waals surface area contributed by atoms with Gasteiger partial charge >= 0.3 is 0 Å². The van der Waals surface area contributed by atoms with Crippen LogP contribution < -0.4 is 10.4 Å². The molecule has 0 atom stereocenters. The highest BCUT2D eigenvalue weighted by Gasteiger charge is 2.14. The molecule has 0 amide bonds. The fourth-order valence-electron chi connectivity index (χ4n) is 1.66. The van der Waals surface area contributed by atoms with Gasteiger partial charge in [0.05, 0.1) is 0 Å². The van der Waals surface area contributed by atoms with Crippen LogP contribution in [0, 0.1) is 0 Å². The molecule has 0 aliphatic heterocycles. The number of Topliss-reactive ketones (excluding diaryl/α,β-unsaturated/α-hetero) is 1. The zero-order valence-electron chi connectivity index (χ0n) is 7.22. The Bertz CT molecular complexity index is 423. The van der Waals surface area contributed by atoms with Crippen molar-refractivity contribution in [1.29, 1.82) is 0 Å². The first-order valence-electron chi connectivity index (χ1n) is 4.03. The molecule has 0 heterocycles. The van der Waals surface area contributed by atoms with Crippen LogP contribution in [0.2, 0.25) is 0 Å². The Kier molecular flexibility index (Phi) is 1.40. The number of carbonyl (C=O) groups is 1. The van der Waals surface area contributed by atoms with E-state index in [1.54, 1.807) is 0 Å². The van der Waals surface area contributed by atoms with Crippen molar-refractivity contribution in [3.63, 3.8) is 0 Å². The van der Waals surface area contributed by atoms with Gasteiger partial charge in [0.25, 0.3) is 0 Å². The molecule has 1 aliphatic rings. The van der Waals surface area contributed by atoms with Gasteiger partial charge in [-0.05, 0) is 24.3 Å². The van der Waals surface area contributed by atoms with E-state index in [1.165, 1.54) is 0 Å². The molecule has 0 bridgehead atoms. The SMILES string of the molecule is CC1=c2ccccc2=C(C)C1=O. The summed E-state index contributed by atoms with van der Waals surface area (Å²) in [4.78, 5) is 11.5. The zero-order chi connectivity index (χ0) is 8.72. The predicted octanol–water partition coefficient (Wildman–Crippen LogP) is 0.611. The van der Waals surface area contributed by atoms with Gasteiger partial charge in [-0.15, -0.1) is 0 Å². The molecule has 0 unspecified atom stereocenters. The molecule has 0 saturated heterocycles. The number of ketones is 1. The average Bonchev–Trinajstić information content (AvgIpc) is 2.33. The number of carbonyl (C=O) groups excluding carboxylic acids is 1. The molecule has 1 aliphatic carbocycles. The fraction of sp³-hybridized carbons (Fsp3) is 0.182. The van der Waals surface area contributed by atoms with Crippen molar-refractivity contribution in [2.24, 2.45) is 0 Å². The van der Waals surface area contributed by atoms with Gasteiger partial charge in [0.15, 0.2) is 5.78 Å². The lowest BCUT2D eigenvalue weighted by Crippen LogP contribution is -2.22. The number of hydrogen-bond donors (Lipinski definition) is 0. The van der Waals surface area contributed by atoms with Crippen LogP contribution >= 0.6 is 0 Å². The second-order valence-electron chi connectivity index (χ2n) is 3.12. The maximum Gasteiger partial charge on any atom is 0.185 e. The van der Waals surface area contributed by atoms with Crippen molar-refractivity contribution < 1.29 is 4.79 Å². The Morgan fingerprint density at radius 2 is 1.33 bits per heavy atom. The summed E-state index contributed by atoms with van der Waals surface area (Å²) in [5.41, 5.74) is 1.76. The minimum Gasteiger partial charge on any atom is -0.289 e. The van der Waals surface area contributed by atoms with Crippen molar-refractivity contribution in [1.82, 2.24) is 0 Å². The van der Waals surface area contributed by atoms with Crippen LogP contribution in [0.15, 0.2) is 24.3 Å². The minimum absolute atomic E-state index is 0.191. The van der Waals surface area contributed by atoms with Crippen molar-refractivity contribution >= 4 is 16.9 Å². The topological polar surface area (TPSA) is 17.1 Å². The summed E-state index contributed by atoms with van der Waals surface area (Å²) in [5.74, 6) is 0.191. The lowest BCUT2D eigenvalue weighted by atomic mass is 10.1. The van der Waals surface area contributed by atoms with Crippen molar-refractivity contribution in [2.75, 3.05) is 0 Å². The van der Waals surface area contributed by atoms with Gasteiger partial charge in [0.1, 0.15) is 0 Å². The summed E-state index contributed by atoms with van der Waals surface area (Å²) >= 11 is 0. The first-order valence-corrected chi connectivity index (χ1v) is 4.03. The molecule has 0 fully saturated rings. The van der Waals surface area contributed by atoms with Crippen LogP contribution in [0.3, 0.4) is 0 Å². The molecule has 60 valence electrons. The third kappa shape index (κ3) is 0.765. The smallest absolute Gasteiger partial charge is 0.185 e. The number of rotatable bonds is 0. The summed E-state index contributed by atoms with van der Waals surface area (Å²) < 4.78 is 0. The van der Waals surface area contributed by atoms with E-state index in [4.69, 9.17) is 0 Å². The predicted molar refractivity (Wildman–Crippen MR) is 48.9 cm³/mol. The molecule has 0 radical (unpaired) electrons. The minimum atomic E-state index is 0.191. The van der Waals surface area contributed by atoms with Gasteiger partial charge < -0.3 is 0 Å². The summed E-state index contributed by atoms with van der Waals surface area (Å²) in [5, 5.41) is 2.19. The third-order valence-electron chi connectivity index (χ3n) is 2.42. The van der Waals surface area contributed by atoms with Crippen molar-refractivity contribution in [2.45, 2.75) is 13.8 Å². The highest BCUT2D eigenvalue weighted by Crippen LogP contribution is 2.06. The van der Waals surface area contributed by atoms with Gasteiger partial charge in [0.2, 0.25) is 0 Å². The lowest BCUT2D eigenvalue weighted by Gasteiger charge is -1.89. The van der Waals surface area contributed by atoms with Crippen LogP contribution in [0.1, 0.15) is 13.8 Å². The average molecular weight is 158 g/mol. The molecule has 0 saturated carbocycles. The lowest BCUT2D eigenvalue weighted by molar-refractivity contribution is -0.109. The van der Waals surface area contributed by atoms with Crippen molar-refractivity contribution in [3.05, 3.63) is 34.7 Å². The number of benzene rings is 1. The molecular weight excluding hydrogens is 148 g/mol. The Morgan fingerprint density at radius 3 is 1.75 bits per heavy atom. The molecule has 1 nitrogen and oxygen atoms in total. The fourth-order valence-corrected chi connectivity index (χ4v) is 1.66. The molecule has 1 aromatic rings. The Morgan fingerprint density at radius 1 is 0.917 bits per heavy atom. The van der Waals surface area contributed by atoms with Gasteiger partial charge in [-0.2, -0.15) is 0 Å². The molecular formula is C11H10O. The largest absolute Gasteiger partial charge is 0.289 e. The van der Waals surface area contributed by atoms with Crippen LogP contribution in [0.5, 0.6) is 0 Å².